The van der Waals surface area contributed by atoms with Crippen LogP contribution in [0.3, 0.4) is 0 Å². The molecule has 0 aromatic carbocycles. The minimum absolute atomic E-state index is 0.196. The number of hydrogen-bond donors (Lipinski definition) is 0. The van der Waals surface area contributed by atoms with Crippen LogP contribution in [0.2, 0.25) is 0 Å². The van der Waals surface area contributed by atoms with Crippen LogP contribution >= 0.6 is 0 Å². The van der Waals surface area contributed by atoms with Gasteiger partial charge in [-0.3, -0.25) is 0 Å². The van der Waals surface area contributed by atoms with Gasteiger partial charge in [-0.15, -0.1) is 0 Å². The van der Waals surface area contributed by atoms with Crippen LogP contribution in [0.1, 0.15) is 18.2 Å². The first-order valence-electron chi connectivity index (χ1n) is 10.3. The number of likely N-dealkylation sites (N-methyl/N-ethyl adjacent to an activating group) is 1. The summed E-state index contributed by atoms with van der Waals surface area (Å²) >= 11 is 0. The van der Waals surface area contributed by atoms with E-state index in [1.54, 1.807) is 29.9 Å². The number of fused-ring (bicyclic) bond motifs is 2. The van der Waals surface area contributed by atoms with Crippen molar-refractivity contribution in [3.63, 3.8) is 0 Å². The molecule has 1 aliphatic rings. The van der Waals surface area contributed by atoms with Gasteiger partial charge < -0.3 is 14.2 Å². The largest absolute Gasteiger partial charge is 0.367 e. The van der Waals surface area contributed by atoms with Crippen LogP contribution in [0, 0.1) is 19.7 Å². The third-order valence-electron chi connectivity index (χ3n) is 6.04. The Kier molecular flexibility index (Phi) is 4.51. The highest BCUT2D eigenvalue weighted by atomic mass is 19.1. The molecule has 5 heterocycles. The minimum Gasteiger partial charge on any atom is -0.367 e. The predicted molar refractivity (Wildman–Crippen MR) is 117 cm³/mol. The Bertz CT molecular complexity index is 1380. The van der Waals surface area contributed by atoms with Gasteiger partial charge in [0.1, 0.15) is 5.65 Å². The highest BCUT2D eigenvalue weighted by molar-refractivity contribution is 5.63. The third kappa shape index (κ3) is 3.34. The summed E-state index contributed by atoms with van der Waals surface area (Å²) in [6, 6.07) is 3.80. The second kappa shape index (κ2) is 7.12. The van der Waals surface area contributed by atoms with Crippen molar-refractivity contribution in [1.29, 1.82) is 0 Å². The number of aryl methyl sites for hydroxylation is 2. The maximum absolute atomic E-state index is 14.5. The van der Waals surface area contributed by atoms with E-state index in [1.807, 2.05) is 13.0 Å². The number of hydrogen-bond acceptors (Lipinski definition) is 6. The fourth-order valence-electron chi connectivity index (χ4n) is 4.15. The maximum atomic E-state index is 14.5. The van der Waals surface area contributed by atoms with E-state index in [0.29, 0.717) is 22.9 Å². The minimum atomic E-state index is -0.481. The van der Waals surface area contributed by atoms with Crippen LogP contribution in [0.5, 0.6) is 0 Å². The maximum Gasteiger partial charge on any atom is 0.355 e. The fraction of sp³-hybridized carbons (Fsp3) is 0.364. The third-order valence-corrected chi connectivity index (χ3v) is 6.04. The number of nitrogens with zero attached hydrogens (tertiary/aromatic N) is 7. The Morgan fingerprint density at radius 2 is 1.84 bits per heavy atom. The molecule has 0 radical (unpaired) electrons. The molecule has 4 aromatic rings. The summed E-state index contributed by atoms with van der Waals surface area (Å²) in [5, 5.41) is 0. The topological polar surface area (TPSA) is 71.0 Å². The number of rotatable bonds is 2. The monoisotopic (exact) mass is 421 g/mol. The van der Waals surface area contributed by atoms with Gasteiger partial charge in [0.05, 0.1) is 11.4 Å². The number of anilines is 1. The normalized spacial score (nSPS) is 17.7. The van der Waals surface area contributed by atoms with Gasteiger partial charge in [-0.05, 0) is 45.5 Å². The molecule has 160 valence electrons. The van der Waals surface area contributed by atoms with E-state index >= 15 is 0 Å². The van der Waals surface area contributed by atoms with Crippen molar-refractivity contribution in [1.82, 2.24) is 28.7 Å². The summed E-state index contributed by atoms with van der Waals surface area (Å²) in [5.74, 6) is -0.285. The average Bonchev–Trinajstić information content (AvgIpc) is 3.11. The van der Waals surface area contributed by atoms with E-state index in [2.05, 4.69) is 38.7 Å². The first-order chi connectivity index (χ1) is 14.8. The fourth-order valence-corrected chi connectivity index (χ4v) is 4.15. The molecule has 1 saturated heterocycles. The molecule has 4 aromatic heterocycles. The highest BCUT2D eigenvalue weighted by Crippen LogP contribution is 2.23. The standard InChI is InChI=1S/C22H24FN7O/c1-13-7-17(28-6-5-27(4)15(3)10-28)12-30-20(13)25-19(26-22(30)31)16-8-18(23)21-24-14(2)9-29(21)11-16/h7-9,11-12,15H,5-6,10H2,1-4H3. The average molecular weight is 421 g/mol. The quantitative estimate of drug-likeness (QED) is 0.495. The lowest BCUT2D eigenvalue weighted by atomic mass is 10.1. The molecule has 0 N–H and O–H groups in total. The van der Waals surface area contributed by atoms with Crippen LogP contribution < -0.4 is 10.6 Å². The first kappa shape index (κ1) is 19.6. The predicted octanol–water partition coefficient (Wildman–Crippen LogP) is 2.30. The zero-order valence-corrected chi connectivity index (χ0v) is 18.0. The summed E-state index contributed by atoms with van der Waals surface area (Å²) in [6.07, 6.45) is 5.22. The second-order valence-electron chi connectivity index (χ2n) is 8.37. The summed E-state index contributed by atoms with van der Waals surface area (Å²) in [7, 11) is 2.12. The van der Waals surface area contributed by atoms with Crippen molar-refractivity contribution >= 4 is 17.0 Å². The number of imidazole rings is 1. The number of halogens is 1. The van der Waals surface area contributed by atoms with Gasteiger partial charge in [0.2, 0.25) is 0 Å². The zero-order valence-electron chi connectivity index (χ0n) is 18.0. The van der Waals surface area contributed by atoms with Crippen LogP contribution in [0.15, 0.2) is 35.5 Å². The lowest BCUT2D eigenvalue weighted by molar-refractivity contribution is 0.234. The van der Waals surface area contributed by atoms with Gasteiger partial charge in [-0.1, -0.05) is 0 Å². The van der Waals surface area contributed by atoms with E-state index in [-0.39, 0.29) is 11.5 Å². The van der Waals surface area contributed by atoms with E-state index in [0.717, 1.165) is 30.9 Å². The first-order valence-corrected chi connectivity index (χ1v) is 10.3. The van der Waals surface area contributed by atoms with Crippen molar-refractivity contribution in [3.05, 3.63) is 58.3 Å². The molecule has 1 fully saturated rings. The van der Waals surface area contributed by atoms with Gasteiger partial charge in [0.15, 0.2) is 17.3 Å². The lowest BCUT2D eigenvalue weighted by Gasteiger charge is -2.39. The number of piperazine rings is 1. The van der Waals surface area contributed by atoms with Crippen molar-refractivity contribution in [2.75, 3.05) is 31.6 Å². The lowest BCUT2D eigenvalue weighted by Crippen LogP contribution is -2.50. The van der Waals surface area contributed by atoms with Gasteiger partial charge in [-0.2, -0.15) is 4.98 Å². The molecule has 1 unspecified atom stereocenters. The van der Waals surface area contributed by atoms with Crippen LogP contribution in [0.25, 0.3) is 22.7 Å². The molecule has 8 nitrogen and oxygen atoms in total. The molecule has 1 atom stereocenters. The Labute approximate surface area is 178 Å². The summed E-state index contributed by atoms with van der Waals surface area (Å²) < 4.78 is 17.6. The Hall–Kier alpha value is -3.33. The molecule has 0 spiro atoms. The Morgan fingerprint density at radius 1 is 1.03 bits per heavy atom. The second-order valence-corrected chi connectivity index (χ2v) is 8.37. The van der Waals surface area contributed by atoms with Gasteiger partial charge >= 0.3 is 5.69 Å². The zero-order chi connectivity index (χ0) is 21.9. The Balaban J connectivity index is 1.60. The van der Waals surface area contributed by atoms with Crippen LogP contribution in [0.4, 0.5) is 10.1 Å². The van der Waals surface area contributed by atoms with E-state index < -0.39 is 11.5 Å². The van der Waals surface area contributed by atoms with Crippen molar-refractivity contribution in [3.8, 4) is 11.4 Å². The highest BCUT2D eigenvalue weighted by Gasteiger charge is 2.22. The molecule has 0 bridgehead atoms. The van der Waals surface area contributed by atoms with Crippen molar-refractivity contribution in [2.45, 2.75) is 26.8 Å². The van der Waals surface area contributed by atoms with Gasteiger partial charge in [-0.25, -0.2) is 23.6 Å². The summed E-state index contributed by atoms with van der Waals surface area (Å²) in [5.41, 5.74) is 3.30. The molecule has 0 saturated carbocycles. The summed E-state index contributed by atoms with van der Waals surface area (Å²) in [4.78, 5) is 30.4. The Morgan fingerprint density at radius 3 is 2.61 bits per heavy atom. The van der Waals surface area contributed by atoms with Gasteiger partial charge in [0.25, 0.3) is 0 Å². The van der Waals surface area contributed by atoms with E-state index in [9.17, 15) is 9.18 Å². The molecule has 31 heavy (non-hydrogen) atoms. The molecule has 9 heteroatoms. The molecule has 0 aliphatic carbocycles. The van der Waals surface area contributed by atoms with Crippen molar-refractivity contribution in [2.24, 2.45) is 0 Å². The SMILES string of the molecule is Cc1cn2cc(-c3nc(=O)n4cc(N5CCN(C)C(C)C5)cc(C)c4n3)cc(F)c2n1. The molecule has 1 aliphatic heterocycles. The van der Waals surface area contributed by atoms with Crippen LogP contribution in [-0.4, -0.2) is 61.4 Å². The van der Waals surface area contributed by atoms with E-state index in [4.69, 9.17) is 0 Å². The molecular weight excluding hydrogens is 397 g/mol. The van der Waals surface area contributed by atoms with E-state index in [1.165, 1.54) is 10.5 Å². The number of aromatic nitrogens is 5. The summed E-state index contributed by atoms with van der Waals surface area (Å²) in [6.45, 7) is 8.66. The smallest absolute Gasteiger partial charge is 0.355 e. The molecule has 0 amide bonds. The molecule has 5 rings (SSSR count). The number of pyridine rings is 2. The van der Waals surface area contributed by atoms with Crippen LogP contribution in [-0.2, 0) is 0 Å². The molecular formula is C22H24FN7O. The van der Waals surface area contributed by atoms with Gasteiger partial charge in [0, 0.05) is 49.8 Å². The van der Waals surface area contributed by atoms with Crippen molar-refractivity contribution < 1.29 is 4.39 Å².